The summed E-state index contributed by atoms with van der Waals surface area (Å²) in [5, 5.41) is 20.4. The highest BCUT2D eigenvalue weighted by Crippen LogP contribution is 2.20. The van der Waals surface area contributed by atoms with Crippen LogP contribution in [0.15, 0.2) is 24.3 Å². The molecule has 0 saturated heterocycles. The van der Waals surface area contributed by atoms with E-state index in [0.717, 1.165) is 0 Å². The molecule has 0 saturated carbocycles. The van der Waals surface area contributed by atoms with Crippen LogP contribution < -0.4 is 5.32 Å². The van der Waals surface area contributed by atoms with Gasteiger partial charge in [-0.2, -0.15) is 5.26 Å². The van der Waals surface area contributed by atoms with Crippen LogP contribution in [0, 0.1) is 11.3 Å². The number of carbonyl (C=O) groups excluding carboxylic acids is 1. The SMILES string of the molecule is N#CCC(=O)Nc1ccc2[nH]c(C(=O)O)cc2c1. The number of aromatic carboxylic acids is 1. The fourth-order valence-corrected chi connectivity index (χ4v) is 1.60. The molecule has 0 unspecified atom stereocenters. The number of carbonyl (C=O) groups is 2. The molecule has 0 bridgehead atoms. The van der Waals surface area contributed by atoms with Crippen molar-refractivity contribution in [2.45, 2.75) is 6.42 Å². The molecule has 0 aliphatic carbocycles. The van der Waals surface area contributed by atoms with Crippen LogP contribution in [0.3, 0.4) is 0 Å². The highest BCUT2D eigenvalue weighted by atomic mass is 16.4. The lowest BCUT2D eigenvalue weighted by molar-refractivity contribution is -0.115. The Morgan fingerprint density at radius 1 is 1.39 bits per heavy atom. The molecular weight excluding hydrogens is 234 g/mol. The van der Waals surface area contributed by atoms with E-state index >= 15 is 0 Å². The fraction of sp³-hybridized carbons (Fsp3) is 0.0833. The molecule has 1 heterocycles. The van der Waals surface area contributed by atoms with E-state index in [0.29, 0.717) is 16.6 Å². The standard InChI is InChI=1S/C12H9N3O3/c13-4-3-11(16)14-8-1-2-9-7(5-8)6-10(15-9)12(17)18/h1-2,5-6,15H,3H2,(H,14,16)(H,17,18). The average Bonchev–Trinajstić information content (AvgIpc) is 2.72. The first kappa shape index (κ1) is 11.7. The molecule has 1 aromatic carbocycles. The summed E-state index contributed by atoms with van der Waals surface area (Å²) < 4.78 is 0. The van der Waals surface area contributed by atoms with E-state index < -0.39 is 11.9 Å². The van der Waals surface area contributed by atoms with Crippen molar-refractivity contribution in [3.05, 3.63) is 30.0 Å². The largest absolute Gasteiger partial charge is 0.477 e. The number of benzene rings is 1. The van der Waals surface area contributed by atoms with Gasteiger partial charge in [-0.25, -0.2) is 4.79 Å². The summed E-state index contributed by atoms with van der Waals surface area (Å²) in [7, 11) is 0. The van der Waals surface area contributed by atoms with E-state index in [9.17, 15) is 9.59 Å². The van der Waals surface area contributed by atoms with E-state index in [1.54, 1.807) is 24.3 Å². The van der Waals surface area contributed by atoms with E-state index in [1.165, 1.54) is 6.07 Å². The van der Waals surface area contributed by atoms with Gasteiger partial charge in [0.1, 0.15) is 12.1 Å². The fourth-order valence-electron chi connectivity index (χ4n) is 1.60. The number of rotatable bonds is 3. The quantitative estimate of drug-likeness (QED) is 0.762. The molecule has 2 aromatic rings. The predicted octanol–water partition coefficient (Wildman–Crippen LogP) is 1.72. The zero-order valence-electron chi connectivity index (χ0n) is 9.23. The van der Waals surface area contributed by atoms with Gasteiger partial charge in [0.2, 0.25) is 5.91 Å². The Labute approximate surface area is 102 Å². The molecule has 6 heteroatoms. The van der Waals surface area contributed by atoms with Crippen LogP contribution in [0.5, 0.6) is 0 Å². The van der Waals surface area contributed by atoms with Gasteiger partial charge >= 0.3 is 5.97 Å². The van der Waals surface area contributed by atoms with Gasteiger partial charge in [0.15, 0.2) is 0 Å². The molecule has 90 valence electrons. The molecule has 0 radical (unpaired) electrons. The lowest BCUT2D eigenvalue weighted by atomic mass is 10.2. The molecule has 6 nitrogen and oxygen atoms in total. The van der Waals surface area contributed by atoms with Crippen LogP contribution in [0.2, 0.25) is 0 Å². The molecule has 0 aliphatic heterocycles. The van der Waals surface area contributed by atoms with E-state index in [-0.39, 0.29) is 12.1 Å². The molecule has 1 amide bonds. The van der Waals surface area contributed by atoms with Crippen LogP contribution in [0.4, 0.5) is 5.69 Å². The minimum absolute atomic E-state index is 0.0884. The Morgan fingerprint density at radius 2 is 2.17 bits per heavy atom. The lowest BCUT2D eigenvalue weighted by Gasteiger charge is -2.02. The third kappa shape index (κ3) is 2.30. The van der Waals surface area contributed by atoms with Gasteiger partial charge in [-0.05, 0) is 24.3 Å². The van der Waals surface area contributed by atoms with Gasteiger partial charge in [-0.1, -0.05) is 0 Å². The second-order valence-electron chi connectivity index (χ2n) is 3.67. The Hall–Kier alpha value is -2.81. The summed E-state index contributed by atoms with van der Waals surface area (Å²) in [5.41, 5.74) is 1.29. The summed E-state index contributed by atoms with van der Waals surface area (Å²) in [6.07, 6.45) is -0.217. The monoisotopic (exact) mass is 243 g/mol. The first-order valence-corrected chi connectivity index (χ1v) is 5.13. The third-order valence-corrected chi connectivity index (χ3v) is 2.37. The number of hydrogen-bond donors (Lipinski definition) is 3. The van der Waals surface area contributed by atoms with Crippen LogP contribution in [0.25, 0.3) is 10.9 Å². The van der Waals surface area contributed by atoms with Crippen molar-refractivity contribution in [1.82, 2.24) is 4.98 Å². The molecule has 0 atom stereocenters. The van der Waals surface area contributed by atoms with Crippen molar-refractivity contribution in [3.63, 3.8) is 0 Å². The van der Waals surface area contributed by atoms with Gasteiger partial charge < -0.3 is 15.4 Å². The number of nitriles is 1. The summed E-state index contributed by atoms with van der Waals surface area (Å²) in [5.74, 6) is -1.44. The van der Waals surface area contributed by atoms with Crippen LogP contribution in [-0.2, 0) is 4.79 Å². The minimum atomic E-state index is -1.04. The molecule has 0 spiro atoms. The maximum Gasteiger partial charge on any atom is 0.352 e. The van der Waals surface area contributed by atoms with E-state index in [4.69, 9.17) is 10.4 Å². The normalized spacial score (nSPS) is 9.94. The Balaban J connectivity index is 2.30. The van der Waals surface area contributed by atoms with Gasteiger partial charge in [-0.15, -0.1) is 0 Å². The zero-order chi connectivity index (χ0) is 13.1. The molecule has 1 aromatic heterocycles. The molecule has 0 fully saturated rings. The molecule has 3 N–H and O–H groups in total. The number of aromatic nitrogens is 1. The molecule has 0 aliphatic rings. The number of fused-ring (bicyclic) bond motifs is 1. The number of carboxylic acid groups (broad SMARTS) is 1. The first-order chi connectivity index (χ1) is 8.60. The van der Waals surface area contributed by atoms with Crippen LogP contribution in [-0.4, -0.2) is 22.0 Å². The second kappa shape index (κ2) is 4.59. The minimum Gasteiger partial charge on any atom is -0.477 e. The number of H-pyrrole nitrogens is 1. The Morgan fingerprint density at radius 3 is 2.83 bits per heavy atom. The van der Waals surface area contributed by atoms with Gasteiger partial charge in [0.25, 0.3) is 0 Å². The number of nitrogens with one attached hydrogen (secondary N) is 2. The average molecular weight is 243 g/mol. The summed E-state index contributed by atoms with van der Waals surface area (Å²) in [6, 6.07) is 8.19. The maximum absolute atomic E-state index is 11.2. The zero-order valence-corrected chi connectivity index (χ0v) is 9.23. The molecule has 18 heavy (non-hydrogen) atoms. The van der Waals surface area contributed by atoms with E-state index in [1.807, 2.05) is 0 Å². The third-order valence-electron chi connectivity index (χ3n) is 2.37. The molecule has 2 rings (SSSR count). The lowest BCUT2D eigenvalue weighted by Crippen LogP contribution is -2.09. The number of hydrogen-bond acceptors (Lipinski definition) is 3. The summed E-state index contributed by atoms with van der Waals surface area (Å²) in [4.78, 5) is 24.7. The van der Waals surface area contributed by atoms with Crippen molar-refractivity contribution in [1.29, 1.82) is 5.26 Å². The maximum atomic E-state index is 11.2. The van der Waals surface area contributed by atoms with Crippen LogP contribution >= 0.6 is 0 Å². The topological polar surface area (TPSA) is 106 Å². The number of carboxylic acids is 1. The number of amides is 1. The van der Waals surface area contributed by atoms with Crippen molar-refractivity contribution in [3.8, 4) is 6.07 Å². The predicted molar refractivity (Wildman–Crippen MR) is 64.1 cm³/mol. The van der Waals surface area contributed by atoms with Crippen molar-refractivity contribution in [2.75, 3.05) is 5.32 Å². The number of aromatic amines is 1. The van der Waals surface area contributed by atoms with Crippen LogP contribution in [0.1, 0.15) is 16.9 Å². The van der Waals surface area contributed by atoms with Crippen molar-refractivity contribution in [2.24, 2.45) is 0 Å². The highest BCUT2D eigenvalue weighted by Gasteiger charge is 2.08. The van der Waals surface area contributed by atoms with Crippen molar-refractivity contribution >= 4 is 28.5 Å². The first-order valence-electron chi connectivity index (χ1n) is 5.13. The Kier molecular flexibility index (Phi) is 2.98. The van der Waals surface area contributed by atoms with E-state index in [2.05, 4.69) is 10.3 Å². The highest BCUT2D eigenvalue weighted by molar-refractivity contribution is 5.97. The Bertz CT molecular complexity index is 667. The van der Waals surface area contributed by atoms with Gasteiger partial charge in [-0.3, -0.25) is 4.79 Å². The second-order valence-corrected chi connectivity index (χ2v) is 3.67. The van der Waals surface area contributed by atoms with Gasteiger partial charge in [0, 0.05) is 16.6 Å². The number of anilines is 1. The van der Waals surface area contributed by atoms with Crippen molar-refractivity contribution < 1.29 is 14.7 Å². The number of nitrogens with zero attached hydrogens (tertiary/aromatic N) is 1. The smallest absolute Gasteiger partial charge is 0.352 e. The summed E-state index contributed by atoms with van der Waals surface area (Å²) >= 11 is 0. The molecular formula is C12H9N3O3. The van der Waals surface area contributed by atoms with Gasteiger partial charge in [0.05, 0.1) is 6.07 Å². The summed E-state index contributed by atoms with van der Waals surface area (Å²) in [6.45, 7) is 0.